The number of nitrogens with one attached hydrogen (secondary N) is 23. The summed E-state index contributed by atoms with van der Waals surface area (Å²) in [7, 11) is 33.8. The highest BCUT2D eigenvalue weighted by Gasteiger charge is 2.19. The highest BCUT2D eigenvalue weighted by atomic mass is 16.3. The molecule has 0 radical (unpaired) electrons. The molecule has 756 valence electrons. The van der Waals surface area contributed by atoms with E-state index in [9.17, 15) is 10.2 Å². The van der Waals surface area contributed by atoms with Crippen LogP contribution in [0.5, 0.6) is 11.5 Å². The van der Waals surface area contributed by atoms with Crippen LogP contribution in [-0.4, -0.2) is 310 Å². The molecular weight excluding hydrogens is 1840 g/mol. The molecule has 143 heavy (non-hydrogen) atoms. The van der Waals surface area contributed by atoms with Gasteiger partial charge in [0.2, 0.25) is 107 Å². The van der Waals surface area contributed by atoms with Crippen molar-refractivity contribution in [3.8, 4) is 11.5 Å². The predicted octanol–water partition coefficient (Wildman–Crippen LogP) is 7.57. The number of phenols is 2. The first-order chi connectivity index (χ1) is 68.9. The minimum atomic E-state index is -0.101. The van der Waals surface area contributed by atoms with Crippen LogP contribution in [0.4, 0.5) is 171 Å². The fraction of sp³-hybridized carbons (Fsp3) is 0.244. The third kappa shape index (κ3) is 30.1. The normalized spacial score (nSPS) is 10.3. The number of aromatic amines is 15. The van der Waals surface area contributed by atoms with E-state index in [1.165, 1.54) is 6.07 Å². The van der Waals surface area contributed by atoms with E-state index in [-0.39, 0.29) is 11.5 Å². The van der Waals surface area contributed by atoms with Gasteiger partial charge in [0.25, 0.3) is 11.9 Å². The second-order valence-corrected chi connectivity index (χ2v) is 30.7. The van der Waals surface area contributed by atoms with E-state index in [1.54, 1.807) is 53.5 Å². The summed E-state index contributed by atoms with van der Waals surface area (Å²) in [6.45, 7) is 0.580. The molecule has 0 amide bonds. The molecule has 0 spiro atoms. The molecule has 0 bridgehead atoms. The Bertz CT molecular complexity index is 6810. The molecule has 0 aliphatic heterocycles. The Kier molecular flexibility index (Phi) is 36.7. The quantitative estimate of drug-likeness (QED) is 0.0210. The number of H-pyrrole nitrogens is 15. The average Bonchev–Trinajstić information content (AvgIpc) is 1.68. The molecule has 61 heteroatoms. The van der Waals surface area contributed by atoms with Gasteiger partial charge in [-0.05, 0) is 127 Å². The molecule has 0 aliphatic rings. The zero-order valence-electron chi connectivity index (χ0n) is 81.7. The number of phenolic OH excluding ortho intramolecular Hbond substituents is 2. The van der Waals surface area contributed by atoms with Gasteiger partial charge in [0.1, 0.15) is 52.4 Å². The molecule has 61 nitrogen and oxygen atoms in total. The lowest BCUT2D eigenvalue weighted by Gasteiger charge is -2.15. The zero-order chi connectivity index (χ0) is 102. The van der Waals surface area contributed by atoms with Gasteiger partial charge in [-0.25, -0.2) is 30.6 Å². The molecule has 33 N–H and O–H groups in total. The van der Waals surface area contributed by atoms with E-state index < -0.39 is 0 Å². The van der Waals surface area contributed by atoms with Crippen molar-refractivity contribution in [2.24, 2.45) is 28.2 Å². The number of hydrogen-bond donors (Lipinski definition) is 29. The summed E-state index contributed by atoms with van der Waals surface area (Å²) in [6.07, 6.45) is 17.1. The molecule has 0 atom stereocenters. The van der Waals surface area contributed by atoms with Crippen molar-refractivity contribution in [1.29, 1.82) is 0 Å². The standard InChI is InChI=1S/C13H19N5O2.2C9H14N6.3C8H12N6.3C7H10N6.C6H8N6/c1-17(2)13-16-15-12(18(13)3)14-8-7-9-5-4-6-10(19)11(9)20;1-14(2)8-11-9(13-12-8)15(3)7-5-4-6-10-7;1-14(2)9-13-12-8(15(9)3)11-7-5-4-6-10-7;1-13(6-4-3-5-10-6)8-12-11-7(9)14(8)2;1-14(2)8-11-7(12-13-8)10-6-4-3-5-9-6;1-9-7-11-8(13-12-7)14(2)6-4-3-5-10-6;1-13(5-3-2-4-9-5)7-10-6(8)11-12-7;1-13-6(8)11-12-7(13)10-5-3-2-4-9-5;1-8-6-11-7(13-12-6)10-5-3-2-4-9-5;7-5-10-6(12-11-5)9-4-2-1-3-8-4/h4-6,19-20H,7-8H2,1-3H3,(H,14,15);4-6,10H,1-3H3,(H,11,12,13);4-6,10H,1-3H3,(H,11,12);3-5,10H,1-2H3,(H2,9,11);3-5,9H,1-2H3,(H2,10,11,12,13);3-5,10H,1-2H3,(H2,9,11,12,13);2-4,9H,1H3,(H3,8,10,11,12);2-4,9H,1H3,(H2,8,11)(H,10,12);2-4,9H,1H3,(H3,8,10,11,12,13);1-3,8H,(H4,7,9,10,11,12). The lowest BCUT2D eigenvalue weighted by Crippen LogP contribution is -2.15. The van der Waals surface area contributed by atoms with Gasteiger partial charge in [0, 0.05) is 189 Å². The molecule has 1 aromatic carbocycles. The van der Waals surface area contributed by atoms with Crippen molar-refractivity contribution < 1.29 is 10.2 Å². The molecule has 0 saturated heterocycles. The van der Waals surface area contributed by atoms with Crippen LogP contribution in [0, 0.1) is 0 Å². The molecule has 0 saturated carbocycles. The number of rotatable bonds is 28. The Morgan fingerprint density at radius 1 is 0.315 bits per heavy atom. The van der Waals surface area contributed by atoms with Crippen molar-refractivity contribution in [1.82, 2.24) is 195 Å². The van der Waals surface area contributed by atoms with Gasteiger partial charge in [0.05, 0.1) is 0 Å². The summed E-state index contributed by atoms with van der Waals surface area (Å²) >= 11 is 0. The minimum absolute atomic E-state index is 0.0683. The van der Waals surface area contributed by atoms with Gasteiger partial charge >= 0.3 is 0 Å². The number of anilines is 29. The second-order valence-electron chi connectivity index (χ2n) is 30.7. The van der Waals surface area contributed by atoms with Crippen LogP contribution in [0.1, 0.15) is 5.56 Å². The number of nitrogens with two attached hydrogens (primary N) is 4. The lowest BCUT2D eigenvalue weighted by atomic mass is 10.1. The molecule has 19 heterocycles. The topological polar surface area (TPSA) is 781 Å². The van der Waals surface area contributed by atoms with E-state index in [0.29, 0.717) is 126 Å². The third-order valence-electron chi connectivity index (χ3n) is 19.4. The van der Waals surface area contributed by atoms with Crippen LogP contribution in [-0.2, 0) is 34.6 Å². The van der Waals surface area contributed by atoms with E-state index in [2.05, 4.69) is 219 Å². The smallest absolute Gasteiger partial charge is 0.251 e. The van der Waals surface area contributed by atoms with Gasteiger partial charge in [-0.2, -0.15) is 29.9 Å². The predicted molar refractivity (Wildman–Crippen MR) is 554 cm³/mol. The van der Waals surface area contributed by atoms with Crippen molar-refractivity contribution in [3.63, 3.8) is 0 Å². The molecule has 19 aromatic heterocycles. The molecule has 0 unspecified atom stereocenters. The Hall–Kier alpha value is -20.3. The van der Waals surface area contributed by atoms with E-state index in [0.717, 1.165) is 64.3 Å². The maximum atomic E-state index is 9.71. The summed E-state index contributed by atoms with van der Waals surface area (Å²) in [4.78, 5) is 66.9. The van der Waals surface area contributed by atoms with Crippen LogP contribution in [0.25, 0.3) is 0 Å². The van der Waals surface area contributed by atoms with Crippen molar-refractivity contribution in [2.75, 3.05) is 210 Å². The monoisotopic (exact) mass is 1960 g/mol. The van der Waals surface area contributed by atoms with E-state index in [1.807, 2.05) is 308 Å². The molecule has 20 aromatic rings. The number of para-hydroxylation sites is 1. The van der Waals surface area contributed by atoms with Crippen molar-refractivity contribution in [2.45, 2.75) is 6.42 Å². The first-order valence-electron chi connectivity index (χ1n) is 43.3. The number of aromatic nitrogens is 39. The van der Waals surface area contributed by atoms with E-state index >= 15 is 0 Å². The lowest BCUT2D eigenvalue weighted by molar-refractivity contribution is 0.399. The summed E-state index contributed by atoms with van der Waals surface area (Å²) in [6, 6.07) is 39.4. The van der Waals surface area contributed by atoms with Gasteiger partial charge in [-0.15, -0.1) is 71.4 Å². The highest BCUT2D eigenvalue weighted by Crippen LogP contribution is 2.30. The van der Waals surface area contributed by atoms with Crippen LogP contribution >= 0.6 is 0 Å². The molecular formula is C82H121N59O2. The summed E-state index contributed by atoms with van der Waals surface area (Å²) in [5, 5.41) is 115. The summed E-state index contributed by atoms with van der Waals surface area (Å²) in [5.41, 5.74) is 22.5. The number of aromatic hydroxyl groups is 2. The SMILES string of the molecule is CN(C)c1n[nH]c(N(C)c2ccc[nH]2)n1.CN(C)c1n[nH]c(Nc2ccc[nH]2)n1.CN(C)c1nnc(NCCc2cccc(O)c2O)n1C.CN(C)c1nnc(Nc2ccc[nH]2)n1C.CN(c1ccc[nH]1)c1nnc(N)n1C.CN(c1n[nH]c(N)n1)c1ccc[nH]1.CNc1n[nH]c(Nc2ccc[nH]2)n1.CNc1nc(N(C)c2ccc[nH]2)n[nH]1.Cn1c(N)nnc1Nc1ccc[nH]1.Nc1nc(Nc2ccc[nH]2)n[nH]1. The third-order valence-corrected chi connectivity index (χ3v) is 19.4. The molecule has 20 rings (SSSR count). The maximum Gasteiger partial charge on any atom is 0.251 e. The number of nitrogens with zero attached hydrogens (tertiary/aromatic N) is 32. The Morgan fingerprint density at radius 2 is 0.706 bits per heavy atom. The first kappa shape index (κ1) is 103. The largest absolute Gasteiger partial charge is 0.504 e. The summed E-state index contributed by atoms with van der Waals surface area (Å²) < 4.78 is 7.13. The fourth-order valence-corrected chi connectivity index (χ4v) is 11.9. The number of benzene rings is 1. The zero-order valence-corrected chi connectivity index (χ0v) is 81.7. The average molecular weight is 1970 g/mol. The van der Waals surface area contributed by atoms with Crippen LogP contribution in [0.2, 0.25) is 0 Å². The molecule has 0 fully saturated rings. The maximum absolute atomic E-state index is 9.71. The van der Waals surface area contributed by atoms with Gasteiger partial charge < -0.3 is 140 Å². The van der Waals surface area contributed by atoms with Gasteiger partial charge in [0.15, 0.2) is 11.5 Å². The molecule has 0 aliphatic carbocycles. The number of hydrogen-bond acceptors (Lipinski definition) is 42. The van der Waals surface area contributed by atoms with Crippen molar-refractivity contribution in [3.05, 3.63) is 189 Å². The first-order valence-corrected chi connectivity index (χ1v) is 43.3. The highest BCUT2D eigenvalue weighted by molar-refractivity contribution is 5.59. The number of nitrogen functional groups attached to an aromatic ring is 4. The van der Waals surface area contributed by atoms with Crippen LogP contribution in [0.3, 0.4) is 0 Å². The van der Waals surface area contributed by atoms with Crippen LogP contribution < -0.4 is 105 Å². The summed E-state index contributed by atoms with van der Waals surface area (Å²) in [5.74, 6) is 19.7. The minimum Gasteiger partial charge on any atom is -0.504 e. The van der Waals surface area contributed by atoms with E-state index in [4.69, 9.17) is 22.9 Å². The Labute approximate surface area is 817 Å². The van der Waals surface area contributed by atoms with Crippen molar-refractivity contribution >= 4 is 171 Å². The second kappa shape index (κ2) is 50.9. The van der Waals surface area contributed by atoms with Gasteiger partial charge in [-0.1, -0.05) is 12.1 Å². The van der Waals surface area contributed by atoms with Gasteiger partial charge in [-0.3, -0.25) is 37.9 Å². The van der Waals surface area contributed by atoms with Crippen LogP contribution in [0.15, 0.2) is 183 Å². The Morgan fingerprint density at radius 3 is 1.13 bits per heavy atom. The fourth-order valence-electron chi connectivity index (χ4n) is 11.9. The Balaban J connectivity index is 0.000000152.